The van der Waals surface area contributed by atoms with Gasteiger partial charge in [-0.2, -0.15) is 0 Å². The van der Waals surface area contributed by atoms with Gasteiger partial charge < -0.3 is 14.2 Å². The molecule has 0 amide bonds. The highest BCUT2D eigenvalue weighted by atomic mass is 16.7. The van der Waals surface area contributed by atoms with Gasteiger partial charge in [0.05, 0.1) is 14.2 Å². The zero-order valence-electron chi connectivity index (χ0n) is 9.83. The number of ether oxygens (including phenoxy) is 3. The molecule has 0 saturated heterocycles. The van der Waals surface area contributed by atoms with Crippen LogP contribution in [0.25, 0.3) is 0 Å². The first-order chi connectivity index (χ1) is 6.93. The third kappa shape index (κ3) is 19.1. The number of esters is 1. The van der Waals surface area contributed by atoms with E-state index in [9.17, 15) is 9.59 Å². The molecule has 0 spiro atoms. The summed E-state index contributed by atoms with van der Waals surface area (Å²) in [7, 11) is 2.51. The Balaban J connectivity index is 0. The molecule has 0 aliphatic rings. The number of rotatable bonds is 2. The van der Waals surface area contributed by atoms with Crippen molar-refractivity contribution in [2.45, 2.75) is 20.8 Å². The molecule has 0 N–H and O–H groups in total. The highest BCUT2D eigenvalue weighted by Gasteiger charge is 1.89. The van der Waals surface area contributed by atoms with Crippen LogP contribution in [0.3, 0.4) is 0 Å². The van der Waals surface area contributed by atoms with Gasteiger partial charge in [-0.25, -0.2) is 4.79 Å². The predicted octanol–water partition coefficient (Wildman–Crippen LogP) is 1.91. The molecule has 0 aromatic heterocycles. The van der Waals surface area contributed by atoms with Crippen molar-refractivity contribution in [1.82, 2.24) is 0 Å². The first kappa shape index (κ1) is 15.9. The fourth-order valence-electron chi connectivity index (χ4n) is 0.409. The van der Waals surface area contributed by atoms with E-state index >= 15 is 0 Å². The lowest BCUT2D eigenvalue weighted by atomic mass is 10.3. The largest absolute Gasteiger partial charge is 0.507 e. The van der Waals surface area contributed by atoms with Gasteiger partial charge in [0, 0.05) is 6.92 Å². The van der Waals surface area contributed by atoms with Crippen LogP contribution in [0.1, 0.15) is 20.8 Å². The van der Waals surface area contributed by atoms with Crippen LogP contribution < -0.4 is 0 Å². The highest BCUT2D eigenvalue weighted by Crippen LogP contribution is 1.87. The fraction of sp³-hybridized carbons (Fsp3) is 0.600. The molecule has 5 nitrogen and oxygen atoms in total. The van der Waals surface area contributed by atoms with E-state index in [1.165, 1.54) is 21.1 Å². The maximum absolute atomic E-state index is 10.2. The van der Waals surface area contributed by atoms with E-state index < -0.39 is 6.16 Å². The predicted molar refractivity (Wildman–Crippen MR) is 55.5 cm³/mol. The molecule has 0 aliphatic carbocycles. The molecule has 0 fully saturated rings. The summed E-state index contributed by atoms with van der Waals surface area (Å²) in [6.07, 6.45) is 1.21. The SMILES string of the molecule is CC(=O)OCC=C(C)C.COC(=O)OC. The molecule has 0 aromatic rings. The Kier molecular flexibility index (Phi) is 11.2. The zero-order valence-corrected chi connectivity index (χ0v) is 9.83. The Morgan fingerprint density at radius 3 is 1.73 bits per heavy atom. The van der Waals surface area contributed by atoms with Crippen LogP contribution in [-0.2, 0) is 19.0 Å². The van der Waals surface area contributed by atoms with Crippen molar-refractivity contribution in [3.05, 3.63) is 11.6 Å². The number of methoxy groups -OCH3 is 2. The number of carbonyl (C=O) groups excluding carboxylic acids is 2. The molecular formula is C10H18O5. The summed E-state index contributed by atoms with van der Waals surface area (Å²) in [4.78, 5) is 19.9. The van der Waals surface area contributed by atoms with E-state index in [2.05, 4.69) is 14.2 Å². The Morgan fingerprint density at radius 1 is 1.07 bits per heavy atom. The third-order valence-corrected chi connectivity index (χ3v) is 1.11. The average molecular weight is 218 g/mol. The second-order valence-electron chi connectivity index (χ2n) is 2.74. The molecule has 0 atom stereocenters. The van der Waals surface area contributed by atoms with Crippen LogP contribution in [-0.4, -0.2) is 33.0 Å². The minimum Gasteiger partial charge on any atom is -0.462 e. The third-order valence-electron chi connectivity index (χ3n) is 1.11. The van der Waals surface area contributed by atoms with E-state index in [-0.39, 0.29) is 5.97 Å². The molecule has 0 radical (unpaired) electrons. The molecule has 0 rings (SSSR count). The average Bonchev–Trinajstić information content (AvgIpc) is 2.16. The van der Waals surface area contributed by atoms with Crippen molar-refractivity contribution in [3.63, 3.8) is 0 Å². The van der Waals surface area contributed by atoms with Crippen LogP contribution in [0.15, 0.2) is 11.6 Å². The van der Waals surface area contributed by atoms with Gasteiger partial charge in [-0.05, 0) is 19.9 Å². The zero-order chi connectivity index (χ0) is 12.3. The standard InChI is InChI=1S/C7H12O2.C3H6O3/c1-6(2)4-5-9-7(3)8;1-5-3(4)6-2/h4H,5H2,1-3H3;1-2H3. The molecule has 0 aromatic carbocycles. The molecule has 0 heterocycles. The van der Waals surface area contributed by atoms with Gasteiger partial charge in [-0.3, -0.25) is 4.79 Å². The summed E-state index contributed by atoms with van der Waals surface area (Å²) in [6, 6.07) is 0. The van der Waals surface area contributed by atoms with E-state index in [0.717, 1.165) is 5.57 Å². The second-order valence-corrected chi connectivity index (χ2v) is 2.74. The number of hydrogen-bond acceptors (Lipinski definition) is 5. The quantitative estimate of drug-likeness (QED) is 0.523. The molecule has 0 aliphatic heterocycles. The highest BCUT2D eigenvalue weighted by molar-refractivity contribution is 5.66. The Hall–Kier alpha value is -1.52. The van der Waals surface area contributed by atoms with Crippen LogP contribution in [0.4, 0.5) is 4.79 Å². The lowest BCUT2D eigenvalue weighted by Crippen LogP contribution is -1.97. The van der Waals surface area contributed by atoms with Crippen molar-refractivity contribution in [2.75, 3.05) is 20.8 Å². The second kappa shape index (κ2) is 10.6. The lowest BCUT2D eigenvalue weighted by Gasteiger charge is -1.94. The van der Waals surface area contributed by atoms with Gasteiger partial charge in [-0.1, -0.05) is 5.57 Å². The van der Waals surface area contributed by atoms with Gasteiger partial charge >= 0.3 is 12.1 Å². The monoisotopic (exact) mass is 218 g/mol. The molecule has 88 valence electrons. The van der Waals surface area contributed by atoms with E-state index in [1.807, 2.05) is 19.9 Å². The minimum absolute atomic E-state index is 0.229. The minimum atomic E-state index is -0.657. The Bertz CT molecular complexity index is 210. The van der Waals surface area contributed by atoms with Crippen molar-refractivity contribution < 1.29 is 23.8 Å². The van der Waals surface area contributed by atoms with Gasteiger partial charge in [0.15, 0.2) is 0 Å². The maximum atomic E-state index is 10.2. The summed E-state index contributed by atoms with van der Waals surface area (Å²) in [6.45, 7) is 5.73. The molecular weight excluding hydrogens is 200 g/mol. The topological polar surface area (TPSA) is 61.8 Å². The normalized spacial score (nSPS) is 7.80. The summed E-state index contributed by atoms with van der Waals surface area (Å²) in [5.41, 5.74) is 1.16. The van der Waals surface area contributed by atoms with Crippen LogP contribution >= 0.6 is 0 Å². The van der Waals surface area contributed by atoms with Crippen molar-refractivity contribution in [1.29, 1.82) is 0 Å². The van der Waals surface area contributed by atoms with E-state index in [1.54, 1.807) is 0 Å². The first-order valence-corrected chi connectivity index (χ1v) is 4.32. The summed E-state index contributed by atoms with van der Waals surface area (Å²) in [5, 5.41) is 0. The summed E-state index contributed by atoms with van der Waals surface area (Å²) < 4.78 is 12.7. The summed E-state index contributed by atoms with van der Waals surface area (Å²) in [5.74, 6) is -0.229. The number of hydrogen-bond donors (Lipinski definition) is 0. The van der Waals surface area contributed by atoms with Gasteiger partial charge in [-0.15, -0.1) is 0 Å². The van der Waals surface area contributed by atoms with Crippen molar-refractivity contribution >= 4 is 12.1 Å². The molecule has 0 unspecified atom stereocenters. The van der Waals surface area contributed by atoms with E-state index in [4.69, 9.17) is 0 Å². The summed E-state index contributed by atoms with van der Waals surface area (Å²) >= 11 is 0. The number of allylic oxidation sites excluding steroid dienone is 1. The fourth-order valence-corrected chi connectivity index (χ4v) is 0.409. The maximum Gasteiger partial charge on any atom is 0.507 e. The van der Waals surface area contributed by atoms with Crippen molar-refractivity contribution in [2.24, 2.45) is 0 Å². The first-order valence-electron chi connectivity index (χ1n) is 4.32. The van der Waals surface area contributed by atoms with Crippen molar-refractivity contribution in [3.8, 4) is 0 Å². The van der Waals surface area contributed by atoms with Crippen LogP contribution in [0.2, 0.25) is 0 Å². The molecule has 15 heavy (non-hydrogen) atoms. The Labute approximate surface area is 90.0 Å². The number of carbonyl (C=O) groups is 2. The molecule has 0 bridgehead atoms. The Morgan fingerprint density at radius 2 is 1.53 bits per heavy atom. The smallest absolute Gasteiger partial charge is 0.462 e. The lowest BCUT2D eigenvalue weighted by molar-refractivity contribution is -0.139. The molecule has 0 saturated carbocycles. The van der Waals surface area contributed by atoms with Crippen LogP contribution in [0, 0.1) is 0 Å². The van der Waals surface area contributed by atoms with E-state index in [0.29, 0.717) is 6.61 Å². The van der Waals surface area contributed by atoms with Crippen LogP contribution in [0.5, 0.6) is 0 Å². The van der Waals surface area contributed by atoms with Gasteiger partial charge in [0.25, 0.3) is 0 Å². The van der Waals surface area contributed by atoms with Gasteiger partial charge in [0.1, 0.15) is 6.61 Å². The van der Waals surface area contributed by atoms with Gasteiger partial charge in [0.2, 0.25) is 0 Å². The molecule has 5 heteroatoms.